The second-order valence-electron chi connectivity index (χ2n) is 18.3. The van der Waals surface area contributed by atoms with E-state index in [1.807, 2.05) is 0 Å². The average Bonchev–Trinajstić information content (AvgIpc) is 3.25. The number of rotatable bonds is 19. The highest BCUT2D eigenvalue weighted by Gasteiger charge is 2.40. The molecule has 17 nitrogen and oxygen atoms in total. The molecule has 0 aliphatic heterocycles. The van der Waals surface area contributed by atoms with Crippen molar-refractivity contribution < 1.29 is 72.5 Å². The summed E-state index contributed by atoms with van der Waals surface area (Å²) in [7, 11) is 2.50. The Morgan fingerprint density at radius 2 is 1.01 bits per heavy atom. The molecule has 0 fully saturated rings. The molecule has 1 amide bonds. The molecule has 0 saturated heterocycles. The van der Waals surface area contributed by atoms with E-state index in [-0.39, 0.29) is 37.6 Å². The van der Waals surface area contributed by atoms with Crippen molar-refractivity contribution in [3.8, 4) is 35.2 Å². The third-order valence-electron chi connectivity index (χ3n) is 8.82. The second-order valence-corrected chi connectivity index (χ2v) is 18.3. The van der Waals surface area contributed by atoms with Crippen LogP contribution in [0.5, 0.6) is 11.5 Å². The summed E-state index contributed by atoms with van der Waals surface area (Å²) in [5, 5.41) is 28.5. The van der Waals surface area contributed by atoms with Gasteiger partial charge >= 0.3 is 29.8 Å². The molecule has 2 aromatic rings. The molecular formula is C52H72N2O15. The lowest BCUT2D eigenvalue weighted by Gasteiger charge is -2.33. The molecule has 2 aromatic carbocycles. The number of aliphatic hydroxyl groups is 2. The van der Waals surface area contributed by atoms with Crippen LogP contribution in [-0.2, 0) is 38.1 Å². The maximum Gasteiger partial charge on any atom is 0.335 e. The number of nitrogens with one attached hydrogen (secondary N) is 1. The van der Waals surface area contributed by atoms with Crippen molar-refractivity contribution in [2.24, 2.45) is 16.6 Å². The molecule has 0 aliphatic rings. The smallest absolute Gasteiger partial charge is 0.335 e. The highest BCUT2D eigenvalue weighted by molar-refractivity contribution is 5.97. The van der Waals surface area contributed by atoms with Gasteiger partial charge < -0.3 is 54.8 Å². The number of nitrogens with two attached hydrogens (primary N) is 1. The number of hydrogen-bond donors (Lipinski definition) is 5. The molecule has 17 heteroatoms. The van der Waals surface area contributed by atoms with Gasteiger partial charge in [-0.05, 0) is 114 Å². The summed E-state index contributed by atoms with van der Waals surface area (Å²) >= 11 is 0. The highest BCUT2D eigenvalue weighted by Crippen LogP contribution is 2.29. The monoisotopic (exact) mass is 964 g/mol. The van der Waals surface area contributed by atoms with Crippen molar-refractivity contribution in [1.29, 1.82) is 0 Å². The van der Waals surface area contributed by atoms with Crippen molar-refractivity contribution in [2.45, 2.75) is 118 Å². The van der Waals surface area contributed by atoms with Gasteiger partial charge in [-0.15, -0.1) is 0 Å². The zero-order chi connectivity index (χ0) is 52.8. The summed E-state index contributed by atoms with van der Waals surface area (Å²) in [5.74, 6) is 8.71. The van der Waals surface area contributed by atoms with Crippen molar-refractivity contribution in [1.82, 2.24) is 5.32 Å². The van der Waals surface area contributed by atoms with E-state index in [1.54, 1.807) is 130 Å². The van der Waals surface area contributed by atoms with Crippen LogP contribution in [0.25, 0.3) is 0 Å². The van der Waals surface area contributed by atoms with E-state index in [1.165, 1.54) is 26.4 Å². The number of aromatic carboxylic acids is 1. The number of ether oxygens (including phenoxy) is 6. The Labute approximate surface area is 407 Å². The van der Waals surface area contributed by atoms with E-state index in [0.717, 1.165) is 0 Å². The number of hydrogen-bond acceptors (Lipinski definition) is 15. The van der Waals surface area contributed by atoms with Gasteiger partial charge in [0.15, 0.2) is 0 Å². The number of amides is 1. The highest BCUT2D eigenvalue weighted by atomic mass is 16.6. The largest absolute Gasteiger partial charge is 0.490 e. The van der Waals surface area contributed by atoms with Gasteiger partial charge in [0, 0.05) is 29.2 Å². The second kappa shape index (κ2) is 31.4. The van der Waals surface area contributed by atoms with Gasteiger partial charge in [0.1, 0.15) is 48.0 Å². The van der Waals surface area contributed by atoms with Crippen LogP contribution in [0.2, 0.25) is 0 Å². The molecule has 0 spiro atoms. The predicted octanol–water partition coefficient (Wildman–Crippen LogP) is 5.99. The standard InChI is InChI=1S/C26H35NO7.C14H14O4.C12H23NO4/c1-25(2,3)34-21(29)18-26(4,5)22(24(31)32-6)27-23(30)19-12-14-20(15-13-19)33-17-11-9-7-8-10-16-28;15-10-4-2-1-3-5-11-18-13-8-6-12(7-9-13)14(16)17;1-11(2,3)17-8(14)7-12(4,5)9(13)10(15)16-6/h9,11-15,22,28H,10,16-18H2,1-6H3,(H,27,30);3,5-9,15H,4,10-11H2,(H,16,17);9H,7,13H2,1-6H3/b11-9+;5-3+;/t22-;;9-/m1.1/s1. The minimum atomic E-state index is -1.06. The molecule has 0 unspecified atom stereocenters. The Morgan fingerprint density at radius 1 is 0.623 bits per heavy atom. The summed E-state index contributed by atoms with van der Waals surface area (Å²) in [6.07, 6.45) is 7.64. The van der Waals surface area contributed by atoms with Crippen LogP contribution in [0.15, 0.2) is 72.8 Å². The van der Waals surface area contributed by atoms with Gasteiger partial charge in [-0.1, -0.05) is 51.4 Å². The quantitative estimate of drug-likeness (QED) is 0.0616. The molecule has 0 aliphatic carbocycles. The number of carbonyl (C=O) groups is 6. The molecule has 69 heavy (non-hydrogen) atoms. The topological polar surface area (TPSA) is 257 Å². The van der Waals surface area contributed by atoms with E-state index >= 15 is 0 Å². The van der Waals surface area contributed by atoms with E-state index in [2.05, 4.69) is 33.7 Å². The Bertz CT molecular complexity index is 2120. The number of carbonyl (C=O) groups excluding carboxylic acids is 5. The lowest BCUT2D eigenvalue weighted by Crippen LogP contribution is -2.51. The predicted molar refractivity (Wildman–Crippen MR) is 260 cm³/mol. The molecule has 6 N–H and O–H groups in total. The Morgan fingerprint density at radius 3 is 1.38 bits per heavy atom. The van der Waals surface area contributed by atoms with Gasteiger partial charge in [-0.3, -0.25) is 19.2 Å². The number of methoxy groups -OCH3 is 2. The number of aliphatic hydroxyl groups excluding tert-OH is 2. The first-order chi connectivity index (χ1) is 32.1. The lowest BCUT2D eigenvalue weighted by atomic mass is 9.81. The normalized spacial score (nSPS) is 12.1. The van der Waals surface area contributed by atoms with E-state index in [4.69, 9.17) is 44.7 Å². The fraction of sp³-hybridized carbons (Fsp3) is 0.500. The van der Waals surface area contributed by atoms with Crippen LogP contribution < -0.4 is 20.5 Å². The van der Waals surface area contributed by atoms with Crippen molar-refractivity contribution in [3.05, 3.63) is 84.0 Å². The first kappa shape index (κ1) is 62.3. The first-order valence-corrected chi connectivity index (χ1v) is 22.0. The summed E-state index contributed by atoms with van der Waals surface area (Å²) in [6, 6.07) is 10.7. The van der Waals surface area contributed by atoms with Gasteiger partial charge in [0.25, 0.3) is 5.91 Å². The SMILES string of the molecule is COC(=O)[C@@H](N)C(C)(C)CC(=O)OC(C)(C)C.COC(=O)[C@@H](NC(=O)c1ccc(OC/C=C/C#CCCO)cc1)C(C)(C)CC(=O)OC(C)(C)C.O=C(O)c1ccc(OC/C=C/C#CCCO)cc1. The van der Waals surface area contributed by atoms with E-state index in [0.29, 0.717) is 43.1 Å². The third kappa shape index (κ3) is 28.3. The van der Waals surface area contributed by atoms with Gasteiger partial charge in [0.2, 0.25) is 0 Å². The fourth-order valence-electron chi connectivity index (χ4n) is 5.34. The van der Waals surface area contributed by atoms with Crippen molar-refractivity contribution >= 4 is 35.8 Å². The number of allylic oxidation sites excluding steroid dienone is 2. The van der Waals surface area contributed by atoms with Crippen LogP contribution in [0.4, 0.5) is 0 Å². The molecule has 0 aromatic heterocycles. The maximum absolute atomic E-state index is 12.8. The zero-order valence-electron chi connectivity index (χ0n) is 42.1. The van der Waals surface area contributed by atoms with Crippen molar-refractivity contribution in [2.75, 3.05) is 40.6 Å². The minimum absolute atomic E-state index is 0.0267. The van der Waals surface area contributed by atoms with Gasteiger partial charge in [0.05, 0.1) is 45.8 Å². The van der Waals surface area contributed by atoms with Crippen LogP contribution in [-0.4, -0.2) is 115 Å². The Hall–Kier alpha value is -6.66. The maximum atomic E-state index is 12.8. The summed E-state index contributed by atoms with van der Waals surface area (Å²) in [4.78, 5) is 71.2. The fourth-order valence-corrected chi connectivity index (χ4v) is 5.34. The number of esters is 4. The summed E-state index contributed by atoms with van der Waals surface area (Å²) in [6.45, 7) is 18.2. The van der Waals surface area contributed by atoms with Crippen LogP contribution in [0.3, 0.4) is 0 Å². The molecule has 2 atom stereocenters. The lowest BCUT2D eigenvalue weighted by molar-refractivity contribution is -0.160. The number of benzene rings is 2. The minimum Gasteiger partial charge on any atom is -0.490 e. The summed E-state index contributed by atoms with van der Waals surface area (Å²) < 4.78 is 30.9. The van der Waals surface area contributed by atoms with Gasteiger partial charge in [-0.2, -0.15) is 0 Å². The molecule has 2 rings (SSSR count). The van der Waals surface area contributed by atoms with Crippen LogP contribution in [0, 0.1) is 34.5 Å². The Balaban J connectivity index is 0.00000111. The molecule has 380 valence electrons. The van der Waals surface area contributed by atoms with E-state index < -0.39 is 63.9 Å². The third-order valence-corrected chi connectivity index (χ3v) is 8.82. The molecule has 0 heterocycles. The zero-order valence-corrected chi connectivity index (χ0v) is 42.1. The van der Waals surface area contributed by atoms with Gasteiger partial charge in [-0.25, -0.2) is 9.59 Å². The first-order valence-electron chi connectivity index (χ1n) is 22.0. The van der Waals surface area contributed by atoms with Crippen LogP contribution >= 0.6 is 0 Å². The number of carboxylic acid groups (broad SMARTS) is 1. The summed E-state index contributed by atoms with van der Waals surface area (Å²) in [5.41, 5.74) is 3.43. The molecular weight excluding hydrogens is 893 g/mol. The van der Waals surface area contributed by atoms with Crippen LogP contribution in [0.1, 0.15) is 116 Å². The molecule has 0 saturated carbocycles. The van der Waals surface area contributed by atoms with Crippen molar-refractivity contribution in [3.63, 3.8) is 0 Å². The number of carboxylic acids is 1. The molecule has 0 bridgehead atoms. The Kier molecular flexibility index (Phi) is 28.4. The van der Waals surface area contributed by atoms with E-state index in [9.17, 15) is 28.8 Å². The molecule has 0 radical (unpaired) electrons. The average molecular weight is 965 g/mol.